The van der Waals surface area contributed by atoms with Gasteiger partial charge >= 0.3 is 0 Å². The number of fused-ring (bicyclic) bond motifs is 1. The van der Waals surface area contributed by atoms with Crippen molar-refractivity contribution in [2.45, 2.75) is 13.3 Å². The Morgan fingerprint density at radius 3 is 2.48 bits per heavy atom. The molecule has 0 saturated heterocycles. The molecule has 1 aliphatic carbocycles. The third-order valence-corrected chi connectivity index (χ3v) is 3.51. The lowest BCUT2D eigenvalue weighted by atomic mass is 10.1. The van der Waals surface area contributed by atoms with Gasteiger partial charge in [0, 0.05) is 30.2 Å². The predicted octanol–water partition coefficient (Wildman–Crippen LogP) is 3.47. The molecular formula is C18H15NO2. The minimum Gasteiger partial charge on any atom is -0.326 e. The highest BCUT2D eigenvalue weighted by molar-refractivity contribution is 6.15. The number of ketones is 1. The van der Waals surface area contributed by atoms with Crippen molar-refractivity contribution in [2.24, 2.45) is 0 Å². The van der Waals surface area contributed by atoms with E-state index in [1.165, 1.54) is 6.92 Å². The molecule has 3 heteroatoms. The summed E-state index contributed by atoms with van der Waals surface area (Å²) in [6, 6.07) is 15.2. The second-order valence-electron chi connectivity index (χ2n) is 5.14. The van der Waals surface area contributed by atoms with Gasteiger partial charge in [-0.25, -0.2) is 0 Å². The quantitative estimate of drug-likeness (QED) is 0.854. The Kier molecular flexibility index (Phi) is 3.40. The van der Waals surface area contributed by atoms with Crippen molar-refractivity contribution in [3.8, 4) is 0 Å². The van der Waals surface area contributed by atoms with E-state index < -0.39 is 0 Å². The first-order chi connectivity index (χ1) is 10.1. The Morgan fingerprint density at radius 1 is 1.10 bits per heavy atom. The summed E-state index contributed by atoms with van der Waals surface area (Å²) in [6.45, 7) is 1.48. The van der Waals surface area contributed by atoms with E-state index in [1.807, 2.05) is 54.6 Å². The number of anilines is 1. The molecule has 1 aliphatic rings. The normalized spacial score (nSPS) is 15.1. The van der Waals surface area contributed by atoms with Crippen LogP contribution in [0.25, 0.3) is 6.08 Å². The molecule has 3 nitrogen and oxygen atoms in total. The average molecular weight is 277 g/mol. The molecule has 0 spiro atoms. The fraction of sp³-hybridized carbons (Fsp3) is 0.111. The second kappa shape index (κ2) is 5.37. The topological polar surface area (TPSA) is 46.2 Å². The van der Waals surface area contributed by atoms with Gasteiger partial charge in [0.05, 0.1) is 0 Å². The van der Waals surface area contributed by atoms with Crippen LogP contribution >= 0.6 is 0 Å². The monoisotopic (exact) mass is 277 g/mol. The smallest absolute Gasteiger partial charge is 0.221 e. The van der Waals surface area contributed by atoms with Crippen LogP contribution in [0.15, 0.2) is 54.1 Å². The number of hydrogen-bond donors (Lipinski definition) is 1. The number of allylic oxidation sites excluding steroid dienone is 1. The average Bonchev–Trinajstić information content (AvgIpc) is 2.78. The van der Waals surface area contributed by atoms with Crippen LogP contribution < -0.4 is 5.32 Å². The maximum absolute atomic E-state index is 12.3. The van der Waals surface area contributed by atoms with Gasteiger partial charge in [-0.2, -0.15) is 0 Å². The Bertz CT molecular complexity index is 742. The minimum absolute atomic E-state index is 0.0949. The van der Waals surface area contributed by atoms with Crippen molar-refractivity contribution in [2.75, 3.05) is 5.32 Å². The van der Waals surface area contributed by atoms with Crippen molar-refractivity contribution >= 4 is 23.5 Å². The molecule has 1 amide bonds. The van der Waals surface area contributed by atoms with Crippen LogP contribution in [0.4, 0.5) is 5.69 Å². The van der Waals surface area contributed by atoms with E-state index in [0.29, 0.717) is 6.42 Å². The van der Waals surface area contributed by atoms with Gasteiger partial charge in [0.1, 0.15) is 0 Å². The van der Waals surface area contributed by atoms with E-state index in [1.54, 1.807) is 0 Å². The maximum Gasteiger partial charge on any atom is 0.221 e. The summed E-state index contributed by atoms with van der Waals surface area (Å²) in [5, 5.41) is 2.72. The van der Waals surface area contributed by atoms with E-state index in [-0.39, 0.29) is 11.7 Å². The predicted molar refractivity (Wildman–Crippen MR) is 83.2 cm³/mol. The largest absolute Gasteiger partial charge is 0.326 e. The minimum atomic E-state index is -0.0949. The van der Waals surface area contributed by atoms with Gasteiger partial charge in [-0.3, -0.25) is 9.59 Å². The standard InChI is InChI=1S/C18H15NO2/c1-12(20)19-16-8-6-13(7-9-16)10-15-11-14-4-2-3-5-17(14)18(15)21/h2-10H,11H2,1H3,(H,19,20)/b15-10+. The van der Waals surface area contributed by atoms with Crippen molar-refractivity contribution in [1.29, 1.82) is 0 Å². The number of carbonyl (C=O) groups is 2. The highest BCUT2D eigenvalue weighted by Gasteiger charge is 2.23. The van der Waals surface area contributed by atoms with Gasteiger partial charge in [-0.15, -0.1) is 0 Å². The van der Waals surface area contributed by atoms with E-state index in [0.717, 1.165) is 28.0 Å². The van der Waals surface area contributed by atoms with E-state index >= 15 is 0 Å². The molecule has 0 unspecified atom stereocenters. The number of nitrogens with one attached hydrogen (secondary N) is 1. The zero-order chi connectivity index (χ0) is 14.8. The first-order valence-corrected chi connectivity index (χ1v) is 6.84. The van der Waals surface area contributed by atoms with E-state index in [4.69, 9.17) is 0 Å². The number of benzene rings is 2. The molecule has 104 valence electrons. The Morgan fingerprint density at radius 2 is 1.81 bits per heavy atom. The highest BCUT2D eigenvalue weighted by atomic mass is 16.1. The fourth-order valence-electron chi connectivity index (χ4n) is 2.54. The summed E-state index contributed by atoms with van der Waals surface area (Å²) in [4.78, 5) is 23.3. The lowest BCUT2D eigenvalue weighted by Crippen LogP contribution is -2.05. The van der Waals surface area contributed by atoms with Gasteiger partial charge in [0.25, 0.3) is 0 Å². The Labute approximate surface area is 123 Å². The van der Waals surface area contributed by atoms with Crippen LogP contribution in [0.3, 0.4) is 0 Å². The number of hydrogen-bond acceptors (Lipinski definition) is 2. The molecule has 2 aromatic rings. The Balaban J connectivity index is 1.84. The number of Topliss-reactive ketones (excluding diaryl/α,β-unsaturated/α-hetero) is 1. The third kappa shape index (κ3) is 2.77. The van der Waals surface area contributed by atoms with E-state index in [2.05, 4.69) is 5.32 Å². The molecule has 3 rings (SSSR count). The summed E-state index contributed by atoms with van der Waals surface area (Å²) in [6.07, 6.45) is 2.60. The fourth-order valence-corrected chi connectivity index (χ4v) is 2.54. The summed E-state index contributed by atoms with van der Waals surface area (Å²) in [7, 11) is 0. The first-order valence-electron chi connectivity index (χ1n) is 6.84. The summed E-state index contributed by atoms with van der Waals surface area (Å²) < 4.78 is 0. The van der Waals surface area contributed by atoms with Crippen LogP contribution in [-0.4, -0.2) is 11.7 Å². The molecule has 0 atom stereocenters. The molecule has 2 aromatic carbocycles. The van der Waals surface area contributed by atoms with Gasteiger partial charge in [-0.05, 0) is 29.3 Å². The van der Waals surface area contributed by atoms with Crippen molar-refractivity contribution in [3.05, 3.63) is 70.8 Å². The van der Waals surface area contributed by atoms with Crippen molar-refractivity contribution < 1.29 is 9.59 Å². The zero-order valence-corrected chi connectivity index (χ0v) is 11.7. The van der Waals surface area contributed by atoms with Crippen LogP contribution in [0.2, 0.25) is 0 Å². The molecule has 1 N–H and O–H groups in total. The maximum atomic E-state index is 12.3. The van der Waals surface area contributed by atoms with Crippen molar-refractivity contribution in [1.82, 2.24) is 0 Å². The SMILES string of the molecule is CC(=O)Nc1ccc(/C=C2\Cc3ccccc3C2=O)cc1. The van der Waals surface area contributed by atoms with Gasteiger partial charge in [0.15, 0.2) is 5.78 Å². The molecule has 0 aromatic heterocycles. The molecule has 0 bridgehead atoms. The van der Waals surface area contributed by atoms with Crippen molar-refractivity contribution in [3.63, 3.8) is 0 Å². The highest BCUT2D eigenvalue weighted by Crippen LogP contribution is 2.27. The lowest BCUT2D eigenvalue weighted by molar-refractivity contribution is -0.114. The lowest BCUT2D eigenvalue weighted by Gasteiger charge is -2.02. The van der Waals surface area contributed by atoms with Crippen LogP contribution in [-0.2, 0) is 11.2 Å². The summed E-state index contributed by atoms with van der Waals surface area (Å²) >= 11 is 0. The van der Waals surface area contributed by atoms with Gasteiger partial charge in [0.2, 0.25) is 5.91 Å². The van der Waals surface area contributed by atoms with E-state index in [9.17, 15) is 9.59 Å². The van der Waals surface area contributed by atoms with Crippen LogP contribution in [0.1, 0.15) is 28.4 Å². The second-order valence-corrected chi connectivity index (χ2v) is 5.14. The first kappa shape index (κ1) is 13.3. The summed E-state index contributed by atoms with van der Waals surface area (Å²) in [5.74, 6) is 0.0130. The van der Waals surface area contributed by atoms with Gasteiger partial charge < -0.3 is 5.32 Å². The van der Waals surface area contributed by atoms with Gasteiger partial charge in [-0.1, -0.05) is 36.4 Å². The third-order valence-electron chi connectivity index (χ3n) is 3.51. The number of amides is 1. The number of rotatable bonds is 2. The molecular weight excluding hydrogens is 262 g/mol. The summed E-state index contributed by atoms with van der Waals surface area (Å²) in [5.41, 5.74) is 4.41. The molecule has 0 heterocycles. The zero-order valence-electron chi connectivity index (χ0n) is 11.7. The Hall–Kier alpha value is -2.68. The molecule has 0 aliphatic heterocycles. The molecule has 0 radical (unpaired) electrons. The molecule has 0 fully saturated rings. The van der Waals surface area contributed by atoms with Crippen LogP contribution in [0.5, 0.6) is 0 Å². The van der Waals surface area contributed by atoms with Crippen LogP contribution in [0, 0.1) is 0 Å². The molecule has 21 heavy (non-hydrogen) atoms. The molecule has 0 saturated carbocycles. The number of carbonyl (C=O) groups excluding carboxylic acids is 2.